The Balaban J connectivity index is 1.60. The first-order chi connectivity index (χ1) is 14.6. The molecule has 1 amide bonds. The number of pyridine rings is 1. The molecule has 1 unspecified atom stereocenters. The number of amides is 1. The molecule has 2 aromatic heterocycles. The van der Waals surface area contributed by atoms with Gasteiger partial charge in [-0.3, -0.25) is 4.79 Å². The number of halogens is 1. The summed E-state index contributed by atoms with van der Waals surface area (Å²) in [6.07, 6.45) is 3.82. The van der Waals surface area contributed by atoms with Gasteiger partial charge in [-0.1, -0.05) is 18.2 Å². The fraction of sp³-hybridized carbons (Fsp3) is 0.167. The zero-order valence-electron chi connectivity index (χ0n) is 16.2. The van der Waals surface area contributed by atoms with Gasteiger partial charge in [-0.15, -0.1) is 0 Å². The predicted octanol–water partition coefficient (Wildman–Crippen LogP) is 4.21. The van der Waals surface area contributed by atoms with Crippen LogP contribution >= 0.6 is 0 Å². The molecule has 5 nitrogen and oxygen atoms in total. The van der Waals surface area contributed by atoms with E-state index in [1.54, 1.807) is 30.7 Å². The van der Waals surface area contributed by atoms with Crippen LogP contribution in [0.5, 0.6) is 0 Å². The highest BCUT2D eigenvalue weighted by Crippen LogP contribution is 2.25. The zero-order valence-corrected chi connectivity index (χ0v) is 16.2. The Morgan fingerprint density at radius 2 is 1.93 bits per heavy atom. The smallest absolute Gasteiger partial charge is 0.252 e. The number of nitrogens with one attached hydrogen (secondary N) is 1. The largest absolute Gasteiger partial charge is 0.472 e. The van der Waals surface area contributed by atoms with Gasteiger partial charge in [0.15, 0.2) is 0 Å². The first-order valence-electron chi connectivity index (χ1n) is 9.70. The third-order valence-corrected chi connectivity index (χ3v) is 5.01. The molecule has 1 atom stereocenters. The van der Waals surface area contributed by atoms with Gasteiger partial charge in [0, 0.05) is 30.0 Å². The van der Waals surface area contributed by atoms with Crippen molar-refractivity contribution in [3.8, 4) is 11.3 Å². The van der Waals surface area contributed by atoms with Crippen LogP contribution < -0.4 is 5.32 Å². The molecule has 0 saturated heterocycles. The fourth-order valence-electron chi connectivity index (χ4n) is 3.41. The van der Waals surface area contributed by atoms with Crippen molar-refractivity contribution >= 4 is 16.8 Å². The minimum Gasteiger partial charge on any atom is -0.472 e. The maximum atomic E-state index is 13.3. The third kappa shape index (κ3) is 4.39. The maximum absolute atomic E-state index is 13.3. The summed E-state index contributed by atoms with van der Waals surface area (Å²) in [6, 6.07) is 17.0. The van der Waals surface area contributed by atoms with Gasteiger partial charge in [-0.2, -0.15) is 0 Å². The van der Waals surface area contributed by atoms with Crippen molar-refractivity contribution < 1.29 is 18.7 Å². The number of para-hydroxylation sites is 1. The number of aromatic nitrogens is 1. The lowest BCUT2D eigenvalue weighted by Gasteiger charge is -2.15. The average Bonchev–Trinajstić information content (AvgIpc) is 3.29. The third-order valence-electron chi connectivity index (χ3n) is 5.01. The van der Waals surface area contributed by atoms with Crippen LogP contribution in [0, 0.1) is 11.7 Å². The molecule has 0 aliphatic heterocycles. The van der Waals surface area contributed by atoms with Crippen LogP contribution in [-0.2, 0) is 6.42 Å². The first kappa shape index (κ1) is 19.8. The molecule has 0 saturated carbocycles. The van der Waals surface area contributed by atoms with Gasteiger partial charge >= 0.3 is 0 Å². The average molecular weight is 404 g/mol. The molecule has 30 heavy (non-hydrogen) atoms. The van der Waals surface area contributed by atoms with Crippen molar-refractivity contribution in [2.75, 3.05) is 13.2 Å². The van der Waals surface area contributed by atoms with Gasteiger partial charge < -0.3 is 14.8 Å². The Morgan fingerprint density at radius 3 is 2.67 bits per heavy atom. The van der Waals surface area contributed by atoms with Gasteiger partial charge in [0.1, 0.15) is 5.82 Å². The second-order valence-corrected chi connectivity index (χ2v) is 7.17. The number of nitrogens with zero attached hydrogens (tertiary/aromatic N) is 1. The van der Waals surface area contributed by atoms with E-state index in [-0.39, 0.29) is 24.2 Å². The van der Waals surface area contributed by atoms with Crippen molar-refractivity contribution in [3.63, 3.8) is 0 Å². The summed E-state index contributed by atoms with van der Waals surface area (Å²) in [5.41, 5.74) is 3.46. The molecule has 2 heterocycles. The molecule has 152 valence electrons. The Morgan fingerprint density at radius 1 is 1.13 bits per heavy atom. The van der Waals surface area contributed by atoms with Gasteiger partial charge in [0.2, 0.25) is 0 Å². The van der Waals surface area contributed by atoms with Gasteiger partial charge in [0.05, 0.1) is 29.3 Å². The van der Waals surface area contributed by atoms with E-state index in [0.717, 1.165) is 16.5 Å². The number of aliphatic hydroxyl groups excluding tert-OH is 1. The lowest BCUT2D eigenvalue weighted by atomic mass is 10.0. The highest BCUT2D eigenvalue weighted by Gasteiger charge is 2.16. The second-order valence-electron chi connectivity index (χ2n) is 7.17. The Bertz CT molecular complexity index is 1140. The van der Waals surface area contributed by atoms with Crippen molar-refractivity contribution in [3.05, 3.63) is 90.1 Å². The normalized spacial score (nSPS) is 12.1. The summed E-state index contributed by atoms with van der Waals surface area (Å²) in [5.74, 6) is -0.705. The van der Waals surface area contributed by atoms with Crippen molar-refractivity contribution in [1.29, 1.82) is 0 Å². The van der Waals surface area contributed by atoms with E-state index in [9.17, 15) is 14.3 Å². The Kier molecular flexibility index (Phi) is 5.86. The summed E-state index contributed by atoms with van der Waals surface area (Å²) in [5, 5.41) is 13.3. The molecule has 0 bridgehead atoms. The van der Waals surface area contributed by atoms with E-state index < -0.39 is 0 Å². The molecule has 6 heteroatoms. The van der Waals surface area contributed by atoms with Crippen LogP contribution in [0.4, 0.5) is 4.39 Å². The van der Waals surface area contributed by atoms with Crippen molar-refractivity contribution in [2.24, 2.45) is 5.92 Å². The highest BCUT2D eigenvalue weighted by molar-refractivity contribution is 6.07. The molecule has 0 radical (unpaired) electrons. The number of hydrogen-bond donors (Lipinski definition) is 2. The number of fused-ring (bicyclic) bond motifs is 1. The van der Waals surface area contributed by atoms with E-state index in [1.165, 1.54) is 12.1 Å². The molecule has 4 aromatic rings. The molecule has 4 rings (SSSR count). The van der Waals surface area contributed by atoms with E-state index in [4.69, 9.17) is 4.42 Å². The van der Waals surface area contributed by atoms with E-state index >= 15 is 0 Å². The van der Waals surface area contributed by atoms with E-state index in [1.807, 2.05) is 30.3 Å². The van der Waals surface area contributed by atoms with Crippen LogP contribution in [-0.4, -0.2) is 29.1 Å². The number of rotatable bonds is 7. The minimum absolute atomic E-state index is 0.0522. The molecule has 2 N–H and O–H groups in total. The summed E-state index contributed by atoms with van der Waals surface area (Å²) < 4.78 is 18.4. The standard InChI is InChI=1S/C24H21FN2O3/c25-19-7-5-18(6-8-19)23-12-21(20-3-1-2-4-22(20)27-23)24(29)26-13-17(14-28)11-16-9-10-30-15-16/h1-10,12,15,17,28H,11,13-14H2,(H,26,29). The van der Waals surface area contributed by atoms with Crippen molar-refractivity contribution in [2.45, 2.75) is 6.42 Å². The lowest BCUT2D eigenvalue weighted by Crippen LogP contribution is -2.32. The van der Waals surface area contributed by atoms with E-state index in [0.29, 0.717) is 29.7 Å². The summed E-state index contributed by atoms with van der Waals surface area (Å²) in [6.45, 7) is 0.270. The summed E-state index contributed by atoms with van der Waals surface area (Å²) >= 11 is 0. The number of carbonyl (C=O) groups is 1. The van der Waals surface area contributed by atoms with Crippen LogP contribution in [0.1, 0.15) is 15.9 Å². The molecular weight excluding hydrogens is 383 g/mol. The first-order valence-corrected chi connectivity index (χ1v) is 9.70. The second kappa shape index (κ2) is 8.88. The van der Waals surface area contributed by atoms with Crippen LogP contribution in [0.3, 0.4) is 0 Å². The summed E-state index contributed by atoms with van der Waals surface area (Å²) in [4.78, 5) is 17.6. The van der Waals surface area contributed by atoms with Crippen LogP contribution in [0.15, 0.2) is 77.6 Å². The number of furan rings is 1. The fourth-order valence-corrected chi connectivity index (χ4v) is 3.41. The molecule has 0 fully saturated rings. The molecule has 0 aliphatic carbocycles. The quantitative estimate of drug-likeness (QED) is 0.484. The number of hydrogen-bond acceptors (Lipinski definition) is 4. The van der Waals surface area contributed by atoms with Crippen LogP contribution in [0.2, 0.25) is 0 Å². The predicted molar refractivity (Wildman–Crippen MR) is 112 cm³/mol. The molecule has 2 aromatic carbocycles. The zero-order chi connectivity index (χ0) is 20.9. The number of aliphatic hydroxyl groups is 1. The SMILES string of the molecule is O=C(NCC(CO)Cc1ccoc1)c1cc(-c2ccc(F)cc2)nc2ccccc12. The molecular formula is C24H21FN2O3. The highest BCUT2D eigenvalue weighted by atomic mass is 19.1. The molecule has 0 aliphatic rings. The Labute approximate surface area is 173 Å². The minimum atomic E-state index is -0.329. The van der Waals surface area contributed by atoms with Gasteiger partial charge in [-0.05, 0) is 54.4 Å². The van der Waals surface area contributed by atoms with Crippen molar-refractivity contribution in [1.82, 2.24) is 10.3 Å². The monoisotopic (exact) mass is 404 g/mol. The van der Waals surface area contributed by atoms with Crippen LogP contribution in [0.25, 0.3) is 22.2 Å². The van der Waals surface area contributed by atoms with Gasteiger partial charge in [0.25, 0.3) is 5.91 Å². The number of carbonyl (C=O) groups excluding carboxylic acids is 1. The Hall–Kier alpha value is -3.51. The van der Waals surface area contributed by atoms with Gasteiger partial charge in [-0.25, -0.2) is 9.37 Å². The molecule has 0 spiro atoms. The topological polar surface area (TPSA) is 75.4 Å². The lowest BCUT2D eigenvalue weighted by molar-refractivity contribution is 0.0941. The number of benzene rings is 2. The van der Waals surface area contributed by atoms with E-state index in [2.05, 4.69) is 10.3 Å². The summed E-state index contributed by atoms with van der Waals surface area (Å²) in [7, 11) is 0. The maximum Gasteiger partial charge on any atom is 0.252 e.